The van der Waals surface area contributed by atoms with Crippen molar-refractivity contribution < 1.29 is 5.11 Å². The van der Waals surface area contributed by atoms with Crippen LogP contribution >= 0.6 is 0 Å². The minimum Gasteiger partial charge on any atom is -0.514 e. The minimum atomic E-state index is 0.292. The first kappa shape index (κ1) is 12.5. The predicted octanol–water partition coefficient (Wildman–Crippen LogP) is 1.86. The summed E-state index contributed by atoms with van der Waals surface area (Å²) in [6.45, 7) is 4.19. The second-order valence-electron chi connectivity index (χ2n) is 4.49. The van der Waals surface area contributed by atoms with Crippen molar-refractivity contribution >= 4 is 11.3 Å². The molecule has 4 heteroatoms. The van der Waals surface area contributed by atoms with Crippen LogP contribution in [0.4, 0.5) is 5.69 Å². The summed E-state index contributed by atoms with van der Waals surface area (Å²) in [5.41, 5.74) is 2.21. The van der Waals surface area contributed by atoms with E-state index in [4.69, 9.17) is 10.4 Å². The summed E-state index contributed by atoms with van der Waals surface area (Å²) in [5, 5.41) is 17.8. The summed E-state index contributed by atoms with van der Waals surface area (Å²) in [7, 11) is 2.13. The Morgan fingerprint density at radius 1 is 1.22 bits per heavy atom. The highest BCUT2D eigenvalue weighted by Gasteiger charge is 2.14. The summed E-state index contributed by atoms with van der Waals surface area (Å²) < 4.78 is 0. The largest absolute Gasteiger partial charge is 0.514 e. The molecule has 0 amide bonds. The van der Waals surface area contributed by atoms with Crippen molar-refractivity contribution in [3.05, 3.63) is 36.1 Å². The number of hydrogen-bond donors (Lipinski definition) is 1. The van der Waals surface area contributed by atoms with Crippen LogP contribution in [0.1, 0.15) is 5.56 Å². The van der Waals surface area contributed by atoms with Gasteiger partial charge in [0.15, 0.2) is 0 Å². The number of anilines is 1. The van der Waals surface area contributed by atoms with Crippen LogP contribution in [-0.4, -0.2) is 43.2 Å². The van der Waals surface area contributed by atoms with Crippen LogP contribution in [0.2, 0.25) is 0 Å². The molecule has 0 aliphatic carbocycles. The first-order chi connectivity index (χ1) is 8.74. The van der Waals surface area contributed by atoms with E-state index < -0.39 is 0 Å². The highest BCUT2D eigenvalue weighted by molar-refractivity contribution is 5.76. The molecule has 1 aromatic carbocycles. The first-order valence-electron chi connectivity index (χ1n) is 6.03. The number of hydrogen-bond acceptors (Lipinski definition) is 4. The fourth-order valence-corrected chi connectivity index (χ4v) is 2.08. The van der Waals surface area contributed by atoms with Crippen molar-refractivity contribution in [2.75, 3.05) is 38.1 Å². The van der Waals surface area contributed by atoms with Crippen LogP contribution in [0.5, 0.6) is 0 Å². The van der Waals surface area contributed by atoms with Crippen molar-refractivity contribution in [2.24, 2.45) is 0 Å². The number of aliphatic hydroxyl groups is 1. The normalized spacial score (nSPS) is 17.6. The van der Waals surface area contributed by atoms with Crippen LogP contribution in [0, 0.1) is 11.3 Å². The number of nitriles is 1. The van der Waals surface area contributed by atoms with Gasteiger partial charge in [-0.1, -0.05) is 12.1 Å². The van der Waals surface area contributed by atoms with Crippen LogP contribution in [0.3, 0.4) is 0 Å². The number of aliphatic hydroxyl groups excluding tert-OH is 1. The zero-order valence-electron chi connectivity index (χ0n) is 10.5. The van der Waals surface area contributed by atoms with Crippen LogP contribution in [0.25, 0.3) is 5.57 Å². The third kappa shape index (κ3) is 2.63. The first-order valence-corrected chi connectivity index (χ1v) is 6.03. The minimum absolute atomic E-state index is 0.292. The average Bonchev–Trinajstić information content (AvgIpc) is 2.42. The van der Waals surface area contributed by atoms with Crippen LogP contribution < -0.4 is 4.90 Å². The summed E-state index contributed by atoms with van der Waals surface area (Å²) in [4.78, 5) is 4.64. The van der Waals surface area contributed by atoms with E-state index in [2.05, 4.69) is 16.8 Å². The number of rotatable bonds is 2. The lowest BCUT2D eigenvalue weighted by molar-refractivity contribution is 0.313. The summed E-state index contributed by atoms with van der Waals surface area (Å²) in [5.74, 6) is 0. The molecule has 1 saturated heterocycles. The quantitative estimate of drug-likeness (QED) is 0.636. The Hall–Kier alpha value is -1.99. The van der Waals surface area contributed by atoms with E-state index in [1.807, 2.05) is 30.3 Å². The van der Waals surface area contributed by atoms with Gasteiger partial charge in [-0.15, -0.1) is 0 Å². The Labute approximate surface area is 107 Å². The van der Waals surface area contributed by atoms with Crippen LogP contribution in [-0.2, 0) is 0 Å². The molecule has 0 atom stereocenters. The number of nitrogens with zero attached hydrogens (tertiary/aromatic N) is 3. The molecule has 94 valence electrons. The fraction of sp³-hybridized carbons (Fsp3) is 0.357. The van der Waals surface area contributed by atoms with Gasteiger partial charge in [-0.3, -0.25) is 0 Å². The lowest BCUT2D eigenvalue weighted by Crippen LogP contribution is -2.44. The van der Waals surface area contributed by atoms with Gasteiger partial charge in [-0.25, -0.2) is 0 Å². The molecule has 0 aromatic heterocycles. The predicted molar refractivity (Wildman–Crippen MR) is 72.4 cm³/mol. The van der Waals surface area contributed by atoms with Gasteiger partial charge in [-0.2, -0.15) is 5.26 Å². The highest BCUT2D eigenvalue weighted by Crippen LogP contribution is 2.20. The van der Waals surface area contributed by atoms with Crippen molar-refractivity contribution in [1.29, 1.82) is 5.26 Å². The van der Waals surface area contributed by atoms with Crippen molar-refractivity contribution in [3.63, 3.8) is 0 Å². The Balaban J connectivity index is 2.11. The second kappa shape index (κ2) is 5.56. The van der Waals surface area contributed by atoms with Gasteiger partial charge in [0.05, 0.1) is 11.8 Å². The zero-order chi connectivity index (χ0) is 13.0. The molecule has 1 fully saturated rings. The number of likely N-dealkylation sites (N-methyl/N-ethyl adjacent to an activating group) is 1. The van der Waals surface area contributed by atoms with Crippen molar-refractivity contribution in [2.45, 2.75) is 0 Å². The van der Waals surface area contributed by atoms with E-state index in [0.29, 0.717) is 5.57 Å². The van der Waals surface area contributed by atoms with E-state index in [9.17, 15) is 0 Å². The highest BCUT2D eigenvalue weighted by atomic mass is 16.2. The molecule has 0 unspecified atom stereocenters. The van der Waals surface area contributed by atoms with Crippen molar-refractivity contribution in [3.8, 4) is 6.07 Å². The Bertz CT molecular complexity index is 465. The average molecular weight is 243 g/mol. The molecule has 1 aliphatic heterocycles. The second-order valence-corrected chi connectivity index (χ2v) is 4.49. The molecule has 0 spiro atoms. The van der Waals surface area contributed by atoms with Gasteiger partial charge in [-0.05, 0) is 24.7 Å². The lowest BCUT2D eigenvalue weighted by atomic mass is 10.1. The molecule has 18 heavy (non-hydrogen) atoms. The summed E-state index contributed by atoms with van der Waals surface area (Å²) in [6.07, 6.45) is 0.852. The molecule has 4 nitrogen and oxygen atoms in total. The fourth-order valence-electron chi connectivity index (χ4n) is 2.08. The van der Waals surface area contributed by atoms with Gasteiger partial charge in [0.2, 0.25) is 0 Å². The van der Waals surface area contributed by atoms with Gasteiger partial charge in [0.25, 0.3) is 0 Å². The molecular formula is C14H17N3O. The molecule has 0 saturated carbocycles. The SMILES string of the molecule is CN1CCN(c2ccc(C(C#N)=CO)cc2)CC1. The van der Waals surface area contributed by atoms with Gasteiger partial charge < -0.3 is 14.9 Å². The van der Waals surface area contributed by atoms with E-state index >= 15 is 0 Å². The molecule has 1 N–H and O–H groups in total. The van der Waals surface area contributed by atoms with E-state index in [1.54, 1.807) is 0 Å². The molecule has 1 heterocycles. The number of benzene rings is 1. The van der Waals surface area contributed by atoms with Gasteiger partial charge in [0.1, 0.15) is 6.07 Å². The maximum Gasteiger partial charge on any atom is 0.103 e. The van der Waals surface area contributed by atoms with E-state index in [0.717, 1.165) is 38.0 Å². The maximum atomic E-state index is 8.93. The number of piperazine rings is 1. The van der Waals surface area contributed by atoms with Crippen LogP contribution in [0.15, 0.2) is 30.5 Å². The molecule has 1 aromatic rings. The monoisotopic (exact) mass is 243 g/mol. The topological polar surface area (TPSA) is 50.5 Å². The number of allylic oxidation sites excluding steroid dienone is 1. The molecule has 0 radical (unpaired) electrons. The molecule has 2 rings (SSSR count). The van der Waals surface area contributed by atoms with E-state index in [-0.39, 0.29) is 0 Å². The third-order valence-electron chi connectivity index (χ3n) is 3.30. The Morgan fingerprint density at radius 2 is 1.83 bits per heavy atom. The van der Waals surface area contributed by atoms with Gasteiger partial charge >= 0.3 is 0 Å². The smallest absolute Gasteiger partial charge is 0.103 e. The maximum absolute atomic E-state index is 8.93. The Kier molecular flexibility index (Phi) is 3.85. The third-order valence-corrected chi connectivity index (χ3v) is 3.30. The van der Waals surface area contributed by atoms with Crippen molar-refractivity contribution in [1.82, 2.24) is 4.90 Å². The molecule has 0 bridgehead atoms. The van der Waals surface area contributed by atoms with E-state index in [1.165, 1.54) is 5.69 Å². The standard InChI is InChI=1S/C14H17N3O/c1-16-6-8-17(9-7-16)14-4-2-12(3-5-14)13(10-15)11-18/h2-5,11,18H,6-9H2,1H3. The molecule has 1 aliphatic rings. The summed E-state index contributed by atoms with van der Waals surface area (Å²) in [6, 6.07) is 9.71. The van der Waals surface area contributed by atoms with Gasteiger partial charge in [0, 0.05) is 31.9 Å². The molecular weight excluding hydrogens is 226 g/mol. The summed E-state index contributed by atoms with van der Waals surface area (Å²) >= 11 is 0. The zero-order valence-corrected chi connectivity index (χ0v) is 10.5. The Morgan fingerprint density at radius 3 is 2.33 bits per heavy atom. The lowest BCUT2D eigenvalue weighted by Gasteiger charge is -2.34.